The molecule has 1 aliphatic heterocycles. The van der Waals surface area contributed by atoms with E-state index in [0.717, 1.165) is 33.3 Å². The van der Waals surface area contributed by atoms with Crippen LogP contribution in [0, 0.1) is 13.8 Å². The fraction of sp³-hybridized carbons (Fsp3) is 0.354. The minimum atomic E-state index is -4.16. The van der Waals surface area contributed by atoms with Crippen LogP contribution in [0.5, 0.6) is 11.5 Å². The zero-order valence-electron chi connectivity index (χ0n) is 36.3. The van der Waals surface area contributed by atoms with E-state index >= 15 is 0 Å². The molecule has 62 heavy (non-hydrogen) atoms. The fourth-order valence-corrected chi connectivity index (χ4v) is 15.2. The molecule has 1 aliphatic rings. The van der Waals surface area contributed by atoms with Crippen LogP contribution in [0.25, 0.3) is 11.0 Å². The third-order valence-corrected chi connectivity index (χ3v) is 18.9. The highest BCUT2D eigenvalue weighted by atomic mass is 35.5. The molecule has 11 nitrogen and oxygen atoms in total. The van der Waals surface area contributed by atoms with E-state index in [0.29, 0.717) is 29.9 Å². The molecule has 7 rings (SSSR count). The molecule has 1 N–H and O–H groups in total. The monoisotopic (exact) mass is 894 g/mol. The first-order valence-electron chi connectivity index (χ1n) is 21.0. The topological polar surface area (TPSA) is 133 Å². The third kappa shape index (κ3) is 8.91. The maximum Gasteiger partial charge on any atom is 0.386 e. The summed E-state index contributed by atoms with van der Waals surface area (Å²) in [5.74, 6) is -0.279. The van der Waals surface area contributed by atoms with Crippen molar-refractivity contribution in [2.45, 2.75) is 97.5 Å². The van der Waals surface area contributed by atoms with Gasteiger partial charge in [0.05, 0.1) is 30.7 Å². The van der Waals surface area contributed by atoms with E-state index in [4.69, 9.17) is 24.9 Å². The Kier molecular flexibility index (Phi) is 13.3. The Labute approximate surface area is 371 Å². The van der Waals surface area contributed by atoms with Crippen LogP contribution in [0.1, 0.15) is 92.8 Å². The maximum absolute atomic E-state index is 13.5. The summed E-state index contributed by atoms with van der Waals surface area (Å²) in [7, 11) is -7.01. The number of alkyl halides is 1. The number of halogens is 1. The summed E-state index contributed by atoms with van der Waals surface area (Å²) in [5.41, 5.74) is 6.32. The predicted molar refractivity (Wildman–Crippen MR) is 246 cm³/mol. The van der Waals surface area contributed by atoms with Gasteiger partial charge in [0.25, 0.3) is 8.32 Å². The molecule has 3 atom stereocenters. The highest BCUT2D eigenvalue weighted by Crippen LogP contribution is 2.41. The van der Waals surface area contributed by atoms with Gasteiger partial charge in [0, 0.05) is 30.5 Å². The van der Waals surface area contributed by atoms with Gasteiger partial charge in [0.15, 0.2) is 0 Å². The fourth-order valence-electron chi connectivity index (χ4n) is 8.89. The Bertz CT molecular complexity index is 2620. The van der Waals surface area contributed by atoms with Crippen molar-refractivity contribution in [3.63, 3.8) is 0 Å². The molecule has 2 heterocycles. The van der Waals surface area contributed by atoms with Crippen LogP contribution in [0.3, 0.4) is 0 Å². The van der Waals surface area contributed by atoms with E-state index in [-0.39, 0.29) is 48.2 Å². The number of benzene rings is 5. The van der Waals surface area contributed by atoms with Crippen molar-refractivity contribution < 1.29 is 31.7 Å². The van der Waals surface area contributed by atoms with E-state index < -0.39 is 30.6 Å². The standard InChI is InChI=1S/C48H55ClN4O7SSi/c1-8-58-46(55)29-43(35-20-19-32(2)42(28-35)34(4)53-31-36-27-37(54)21-24-45(36)59-61(53,56)57)41-22-23-44-47(33(41)3)50-51-52(44)26-25-38(30-49)60-62(48(5,6)7,39-15-11-9-12-16-39)40-17-13-10-14-18-40/h9-24,27-28,34,38,43,54H,8,25-26,29-31H2,1-7H3/t34-,38+,43?/m1/s1. The highest BCUT2D eigenvalue weighted by Gasteiger charge is 2.51. The van der Waals surface area contributed by atoms with Gasteiger partial charge in [-0.15, -0.1) is 16.7 Å². The van der Waals surface area contributed by atoms with Crippen LogP contribution in [0.2, 0.25) is 5.04 Å². The molecule has 6 aromatic rings. The van der Waals surface area contributed by atoms with Gasteiger partial charge in [0.1, 0.15) is 17.0 Å². The van der Waals surface area contributed by atoms with Gasteiger partial charge < -0.3 is 18.5 Å². The third-order valence-electron chi connectivity index (χ3n) is 12.1. The van der Waals surface area contributed by atoms with Gasteiger partial charge in [-0.1, -0.05) is 111 Å². The average Bonchev–Trinajstić information content (AvgIpc) is 3.67. The summed E-state index contributed by atoms with van der Waals surface area (Å²) in [5, 5.41) is 21.6. The second-order valence-electron chi connectivity index (χ2n) is 17.0. The van der Waals surface area contributed by atoms with Crippen LogP contribution in [-0.2, 0) is 37.4 Å². The molecule has 0 amide bonds. The second-order valence-corrected chi connectivity index (χ2v) is 23.1. The quantitative estimate of drug-likeness (QED) is 0.0612. The van der Waals surface area contributed by atoms with Crippen molar-refractivity contribution in [1.82, 2.24) is 19.3 Å². The maximum atomic E-state index is 13.5. The molecule has 326 valence electrons. The summed E-state index contributed by atoms with van der Waals surface area (Å²) < 4.78 is 48.4. The zero-order valence-corrected chi connectivity index (χ0v) is 38.9. The van der Waals surface area contributed by atoms with Crippen LogP contribution in [-0.4, -0.2) is 65.7 Å². The van der Waals surface area contributed by atoms with Crippen molar-refractivity contribution in [3.05, 3.63) is 143 Å². The Morgan fingerprint density at radius 2 is 1.61 bits per heavy atom. The molecule has 5 aromatic carbocycles. The Hall–Kier alpha value is -5.05. The lowest BCUT2D eigenvalue weighted by atomic mass is 9.83. The number of phenolic OH excluding ortho intramolecular Hbond substituents is 1. The number of carbonyl (C=O) groups is 1. The molecule has 0 saturated heterocycles. The minimum Gasteiger partial charge on any atom is -0.508 e. The summed E-state index contributed by atoms with van der Waals surface area (Å²) in [6.45, 7) is 15.0. The molecule has 0 spiro atoms. The summed E-state index contributed by atoms with van der Waals surface area (Å²) in [4.78, 5) is 13.3. The van der Waals surface area contributed by atoms with Crippen LogP contribution < -0.4 is 14.6 Å². The van der Waals surface area contributed by atoms with Gasteiger partial charge in [-0.05, 0) is 102 Å². The molecule has 0 bridgehead atoms. The van der Waals surface area contributed by atoms with Crippen LogP contribution >= 0.6 is 11.6 Å². The first-order valence-corrected chi connectivity index (χ1v) is 24.9. The summed E-state index contributed by atoms with van der Waals surface area (Å²) in [6.07, 6.45) is 0.385. The first-order chi connectivity index (χ1) is 29.6. The lowest BCUT2D eigenvalue weighted by molar-refractivity contribution is -0.143. The number of hydrogen-bond acceptors (Lipinski definition) is 9. The normalized spacial score (nSPS) is 15.7. The number of ether oxygens (including phenoxy) is 1. The molecule has 0 radical (unpaired) electrons. The van der Waals surface area contributed by atoms with Crippen molar-refractivity contribution in [2.24, 2.45) is 0 Å². The lowest BCUT2D eigenvalue weighted by Crippen LogP contribution is -2.67. The van der Waals surface area contributed by atoms with Crippen molar-refractivity contribution in [3.8, 4) is 11.5 Å². The molecular formula is C48H55ClN4O7SSi. The largest absolute Gasteiger partial charge is 0.508 e. The van der Waals surface area contributed by atoms with E-state index in [1.54, 1.807) is 6.92 Å². The number of aryl methyl sites for hydroxylation is 3. The number of fused-ring (bicyclic) bond motifs is 2. The van der Waals surface area contributed by atoms with Gasteiger partial charge in [-0.2, -0.15) is 12.7 Å². The number of nitrogens with zero attached hydrogens (tertiary/aromatic N) is 4. The van der Waals surface area contributed by atoms with E-state index in [1.165, 1.54) is 32.9 Å². The van der Waals surface area contributed by atoms with Gasteiger partial charge in [0.2, 0.25) is 0 Å². The number of carbonyl (C=O) groups excluding carboxylic acids is 1. The smallest absolute Gasteiger partial charge is 0.386 e. The number of esters is 1. The van der Waals surface area contributed by atoms with Crippen LogP contribution in [0.4, 0.5) is 0 Å². The van der Waals surface area contributed by atoms with Crippen molar-refractivity contribution in [1.29, 1.82) is 0 Å². The van der Waals surface area contributed by atoms with Gasteiger partial charge in [-0.25, -0.2) is 4.68 Å². The second kappa shape index (κ2) is 18.3. The van der Waals surface area contributed by atoms with Crippen molar-refractivity contribution in [2.75, 3.05) is 12.5 Å². The number of phenols is 1. The molecule has 0 fully saturated rings. The first kappa shape index (κ1) is 45.0. The summed E-state index contributed by atoms with van der Waals surface area (Å²) in [6, 6.07) is 34.7. The predicted octanol–water partition coefficient (Wildman–Crippen LogP) is 8.61. The Morgan fingerprint density at radius 1 is 0.935 bits per heavy atom. The average molecular weight is 896 g/mol. The number of rotatable bonds is 15. The SMILES string of the molecule is CCOC(=O)CC(c1ccc(C)c([C@@H](C)N2Cc3cc(O)ccc3OS2(=O)=O)c1)c1ccc2c(nnn2CC[C@@H](CCl)O[Si](c2ccccc2)(c2ccccc2)C(C)(C)C)c1C. The highest BCUT2D eigenvalue weighted by molar-refractivity contribution is 7.84. The zero-order chi connectivity index (χ0) is 44.4. The Morgan fingerprint density at radius 3 is 2.24 bits per heavy atom. The Balaban J connectivity index is 1.19. The molecule has 1 aromatic heterocycles. The lowest BCUT2D eigenvalue weighted by Gasteiger charge is -2.45. The van der Waals surface area contributed by atoms with Crippen LogP contribution in [0.15, 0.2) is 109 Å². The molecule has 1 unspecified atom stereocenters. The molecular weight excluding hydrogens is 840 g/mol. The van der Waals surface area contributed by atoms with E-state index in [9.17, 15) is 18.3 Å². The number of aromatic hydroxyl groups is 1. The molecule has 0 aliphatic carbocycles. The van der Waals surface area contributed by atoms with Gasteiger partial charge in [-0.3, -0.25) is 4.79 Å². The van der Waals surface area contributed by atoms with E-state index in [2.05, 4.69) is 79.6 Å². The number of aromatic nitrogens is 3. The van der Waals surface area contributed by atoms with Crippen molar-refractivity contribution >= 4 is 57.6 Å². The molecule has 14 heteroatoms. The van der Waals surface area contributed by atoms with Gasteiger partial charge >= 0.3 is 16.3 Å². The minimum absolute atomic E-state index is 0.0196. The molecule has 0 saturated carbocycles. The summed E-state index contributed by atoms with van der Waals surface area (Å²) >= 11 is 6.75. The number of hydrogen-bond donors (Lipinski definition) is 1. The van der Waals surface area contributed by atoms with E-state index in [1.807, 2.05) is 67.9 Å².